The average molecular weight is 261 g/mol. The van der Waals surface area contributed by atoms with Crippen molar-refractivity contribution in [2.75, 3.05) is 13.7 Å². The van der Waals surface area contributed by atoms with E-state index in [-0.39, 0.29) is 31.1 Å². The van der Waals surface area contributed by atoms with Crippen LogP contribution >= 0.6 is 0 Å². The van der Waals surface area contributed by atoms with Crippen molar-refractivity contribution < 1.29 is 19.1 Å². The second kappa shape index (κ2) is 5.65. The van der Waals surface area contributed by atoms with Gasteiger partial charge in [0, 0.05) is 24.9 Å². The summed E-state index contributed by atoms with van der Waals surface area (Å²) in [4.78, 5) is 36.9. The molecule has 1 saturated heterocycles. The lowest BCUT2D eigenvalue weighted by Crippen LogP contribution is -2.50. The number of carbonyl (C=O) groups is 3. The lowest BCUT2D eigenvalue weighted by atomic mass is 9.99. The first-order valence-electron chi connectivity index (χ1n) is 6.09. The van der Waals surface area contributed by atoms with Crippen molar-refractivity contribution in [1.82, 2.24) is 4.90 Å². The van der Waals surface area contributed by atoms with Gasteiger partial charge >= 0.3 is 5.97 Å². The van der Waals surface area contributed by atoms with Gasteiger partial charge in [-0.3, -0.25) is 9.59 Å². The van der Waals surface area contributed by atoms with Crippen LogP contribution in [0.15, 0.2) is 30.3 Å². The van der Waals surface area contributed by atoms with Gasteiger partial charge in [0.25, 0.3) is 5.91 Å². The van der Waals surface area contributed by atoms with Crippen molar-refractivity contribution in [1.29, 1.82) is 0 Å². The Bertz CT molecular complexity index is 497. The molecule has 100 valence electrons. The van der Waals surface area contributed by atoms with Crippen molar-refractivity contribution in [2.24, 2.45) is 0 Å². The molecule has 5 nitrogen and oxygen atoms in total. The first kappa shape index (κ1) is 13.3. The van der Waals surface area contributed by atoms with Gasteiger partial charge in [0.05, 0.1) is 7.11 Å². The molecule has 0 saturated carbocycles. The summed E-state index contributed by atoms with van der Waals surface area (Å²) in [7, 11) is 1.26. The molecule has 0 N–H and O–H groups in total. The van der Waals surface area contributed by atoms with Gasteiger partial charge in [-0.15, -0.1) is 0 Å². The summed E-state index contributed by atoms with van der Waals surface area (Å²) < 4.78 is 4.67. The quantitative estimate of drug-likeness (QED) is 0.746. The summed E-state index contributed by atoms with van der Waals surface area (Å²) in [5.41, 5.74) is 0.505. The van der Waals surface area contributed by atoms with Crippen LogP contribution in [0.2, 0.25) is 0 Å². The number of hydrogen-bond donors (Lipinski definition) is 0. The van der Waals surface area contributed by atoms with Crippen LogP contribution in [0.25, 0.3) is 0 Å². The minimum atomic E-state index is -0.807. The Labute approximate surface area is 111 Å². The van der Waals surface area contributed by atoms with E-state index in [9.17, 15) is 14.4 Å². The second-order valence-electron chi connectivity index (χ2n) is 4.40. The van der Waals surface area contributed by atoms with E-state index in [1.165, 1.54) is 12.0 Å². The molecule has 1 aliphatic heterocycles. The van der Waals surface area contributed by atoms with E-state index < -0.39 is 12.0 Å². The summed E-state index contributed by atoms with van der Waals surface area (Å²) >= 11 is 0. The molecule has 19 heavy (non-hydrogen) atoms. The van der Waals surface area contributed by atoms with Crippen LogP contribution in [0, 0.1) is 0 Å². The first-order chi connectivity index (χ1) is 9.13. The highest BCUT2D eigenvalue weighted by Crippen LogP contribution is 2.18. The second-order valence-corrected chi connectivity index (χ2v) is 4.40. The number of ketones is 1. The van der Waals surface area contributed by atoms with Crippen LogP contribution in [0.4, 0.5) is 0 Å². The minimum Gasteiger partial charge on any atom is -0.467 e. The van der Waals surface area contributed by atoms with Crippen LogP contribution < -0.4 is 0 Å². The highest BCUT2D eigenvalue weighted by molar-refractivity contribution is 5.99. The normalized spacial score (nSPS) is 19.1. The molecule has 0 radical (unpaired) electrons. The van der Waals surface area contributed by atoms with Crippen LogP contribution in [0.3, 0.4) is 0 Å². The van der Waals surface area contributed by atoms with Gasteiger partial charge < -0.3 is 9.64 Å². The lowest BCUT2D eigenvalue weighted by Gasteiger charge is -2.33. The average Bonchev–Trinajstić information content (AvgIpc) is 2.46. The number of carbonyl (C=O) groups excluding carboxylic acids is 3. The van der Waals surface area contributed by atoms with Crippen LogP contribution in [0.1, 0.15) is 23.2 Å². The number of esters is 1. The SMILES string of the molecule is COC(=O)[C@@H]1CC(=O)CCN1C(=O)c1ccccc1. The molecule has 0 aliphatic carbocycles. The van der Waals surface area contributed by atoms with Gasteiger partial charge in [0.2, 0.25) is 0 Å². The van der Waals surface area contributed by atoms with Gasteiger partial charge in [-0.25, -0.2) is 4.79 Å². The summed E-state index contributed by atoms with van der Waals surface area (Å²) in [6.07, 6.45) is 0.317. The molecule has 0 spiro atoms. The summed E-state index contributed by atoms with van der Waals surface area (Å²) in [5, 5.41) is 0. The van der Waals surface area contributed by atoms with Crippen LogP contribution in [-0.2, 0) is 14.3 Å². The molecule has 1 amide bonds. The van der Waals surface area contributed by atoms with E-state index in [0.29, 0.717) is 5.56 Å². The summed E-state index contributed by atoms with van der Waals surface area (Å²) in [6.45, 7) is 0.256. The monoisotopic (exact) mass is 261 g/mol. The number of hydrogen-bond acceptors (Lipinski definition) is 4. The number of ether oxygens (including phenoxy) is 1. The molecule has 1 aromatic carbocycles. The van der Waals surface area contributed by atoms with E-state index in [2.05, 4.69) is 4.74 Å². The third kappa shape index (κ3) is 2.81. The third-order valence-corrected chi connectivity index (χ3v) is 3.18. The molecule has 1 heterocycles. The van der Waals surface area contributed by atoms with Crippen molar-refractivity contribution in [3.05, 3.63) is 35.9 Å². The Morgan fingerprint density at radius 3 is 2.58 bits per heavy atom. The zero-order valence-electron chi connectivity index (χ0n) is 10.7. The number of Topliss-reactive ketones (excluding diaryl/α,β-unsaturated/α-hetero) is 1. The fourth-order valence-electron chi connectivity index (χ4n) is 2.17. The van der Waals surface area contributed by atoms with E-state index >= 15 is 0 Å². The fourth-order valence-corrected chi connectivity index (χ4v) is 2.17. The third-order valence-electron chi connectivity index (χ3n) is 3.18. The Morgan fingerprint density at radius 2 is 1.95 bits per heavy atom. The van der Waals surface area contributed by atoms with Crippen molar-refractivity contribution in [3.63, 3.8) is 0 Å². The van der Waals surface area contributed by atoms with Crippen molar-refractivity contribution >= 4 is 17.7 Å². The Balaban J connectivity index is 2.23. The molecule has 1 fully saturated rings. The van der Waals surface area contributed by atoms with Gasteiger partial charge in [0.15, 0.2) is 0 Å². The maximum absolute atomic E-state index is 12.3. The molecule has 1 atom stereocenters. The predicted molar refractivity (Wildman–Crippen MR) is 67.5 cm³/mol. The standard InChI is InChI=1S/C14H15NO4/c1-19-14(18)12-9-11(16)7-8-15(12)13(17)10-5-3-2-4-6-10/h2-6,12H,7-9H2,1H3/t12-/m0/s1. The number of benzene rings is 1. The van der Waals surface area contributed by atoms with Gasteiger partial charge in [0.1, 0.15) is 11.8 Å². The predicted octanol–water partition coefficient (Wildman–Crippen LogP) is 1.03. The van der Waals surface area contributed by atoms with Gasteiger partial charge in [-0.05, 0) is 12.1 Å². The van der Waals surface area contributed by atoms with Crippen LogP contribution in [-0.4, -0.2) is 42.3 Å². The Morgan fingerprint density at radius 1 is 1.26 bits per heavy atom. The number of nitrogens with zero attached hydrogens (tertiary/aromatic N) is 1. The number of amides is 1. The fraction of sp³-hybridized carbons (Fsp3) is 0.357. The lowest BCUT2D eigenvalue weighted by molar-refractivity contribution is -0.149. The topological polar surface area (TPSA) is 63.7 Å². The minimum absolute atomic E-state index is 0.0208. The Hall–Kier alpha value is -2.17. The van der Waals surface area contributed by atoms with Gasteiger partial charge in [-0.1, -0.05) is 18.2 Å². The van der Waals surface area contributed by atoms with E-state index in [0.717, 1.165) is 0 Å². The van der Waals surface area contributed by atoms with Crippen molar-refractivity contribution in [3.8, 4) is 0 Å². The largest absolute Gasteiger partial charge is 0.467 e. The molecule has 0 aromatic heterocycles. The zero-order chi connectivity index (χ0) is 13.8. The number of rotatable bonds is 2. The summed E-state index contributed by atoms with van der Waals surface area (Å²) in [5.74, 6) is -0.812. The molecule has 0 bridgehead atoms. The maximum atomic E-state index is 12.3. The molecule has 2 rings (SSSR count). The molecule has 1 aliphatic rings. The number of piperidine rings is 1. The number of likely N-dealkylation sites (tertiary alicyclic amines) is 1. The van der Waals surface area contributed by atoms with E-state index in [1.807, 2.05) is 6.07 Å². The summed E-state index contributed by atoms with van der Waals surface area (Å²) in [6, 6.07) is 7.90. The Kier molecular flexibility index (Phi) is 3.94. The van der Waals surface area contributed by atoms with Crippen molar-refractivity contribution in [2.45, 2.75) is 18.9 Å². The van der Waals surface area contributed by atoms with Crippen LogP contribution in [0.5, 0.6) is 0 Å². The highest BCUT2D eigenvalue weighted by Gasteiger charge is 2.36. The smallest absolute Gasteiger partial charge is 0.329 e. The van der Waals surface area contributed by atoms with Gasteiger partial charge in [-0.2, -0.15) is 0 Å². The first-order valence-corrected chi connectivity index (χ1v) is 6.09. The molecular weight excluding hydrogens is 246 g/mol. The zero-order valence-corrected chi connectivity index (χ0v) is 10.7. The van der Waals surface area contributed by atoms with E-state index in [4.69, 9.17) is 0 Å². The number of methoxy groups -OCH3 is 1. The molecule has 5 heteroatoms. The highest BCUT2D eigenvalue weighted by atomic mass is 16.5. The molecular formula is C14H15NO4. The maximum Gasteiger partial charge on any atom is 0.329 e. The molecule has 1 aromatic rings. The van der Waals surface area contributed by atoms with E-state index in [1.54, 1.807) is 24.3 Å². The molecule has 0 unspecified atom stereocenters.